The minimum Gasteiger partial charge on any atom is -0.463 e. The zero-order valence-corrected chi connectivity index (χ0v) is 16.3. The molecule has 0 saturated carbocycles. The van der Waals surface area contributed by atoms with Crippen molar-refractivity contribution in [3.8, 4) is 0 Å². The Morgan fingerprint density at radius 3 is 2.45 bits per heavy atom. The van der Waals surface area contributed by atoms with Crippen LogP contribution in [0, 0.1) is 15.9 Å². The number of hydrogen-bond acceptors (Lipinski definition) is 5. The Balaban J connectivity index is 2.17. The fourth-order valence-corrected chi connectivity index (χ4v) is 2.88. The molecule has 1 atom stereocenters. The molecule has 0 aliphatic rings. The van der Waals surface area contributed by atoms with Crippen molar-refractivity contribution in [1.29, 1.82) is 0 Å². The summed E-state index contributed by atoms with van der Waals surface area (Å²) in [5, 5.41) is 14.0. The Morgan fingerprint density at radius 2 is 1.79 bits per heavy atom. The van der Waals surface area contributed by atoms with Gasteiger partial charge in [0, 0.05) is 12.5 Å². The van der Waals surface area contributed by atoms with Gasteiger partial charge in [-0.2, -0.15) is 0 Å². The van der Waals surface area contributed by atoms with E-state index in [1.165, 1.54) is 24.3 Å². The topological polar surface area (TPSA) is 98.5 Å². The molecule has 0 fully saturated rings. The minimum absolute atomic E-state index is 0.0305. The first kappa shape index (κ1) is 22.0. The molecule has 7 nitrogen and oxygen atoms in total. The number of aryl methyl sites for hydroxylation is 1. The molecule has 1 N–H and O–H groups in total. The van der Waals surface area contributed by atoms with Crippen molar-refractivity contribution in [1.82, 2.24) is 5.32 Å². The van der Waals surface area contributed by atoms with Gasteiger partial charge in [0.15, 0.2) is 0 Å². The Labute approximate surface area is 168 Å². The smallest absolute Gasteiger partial charge is 0.308 e. The maximum Gasteiger partial charge on any atom is 0.308 e. The van der Waals surface area contributed by atoms with Gasteiger partial charge >= 0.3 is 5.97 Å². The molecule has 8 heteroatoms. The van der Waals surface area contributed by atoms with Crippen molar-refractivity contribution in [2.75, 3.05) is 0 Å². The summed E-state index contributed by atoms with van der Waals surface area (Å²) in [5.41, 5.74) is 0.394. The van der Waals surface area contributed by atoms with Crippen LogP contribution in [0.5, 0.6) is 0 Å². The summed E-state index contributed by atoms with van der Waals surface area (Å²) in [6.07, 6.45) is -0.477. The first-order valence-corrected chi connectivity index (χ1v) is 9.23. The molecule has 0 bridgehead atoms. The molecule has 1 amide bonds. The molecule has 0 heterocycles. The highest BCUT2D eigenvalue weighted by atomic mass is 19.1. The van der Waals surface area contributed by atoms with Crippen molar-refractivity contribution in [3.05, 3.63) is 75.6 Å². The van der Waals surface area contributed by atoms with Gasteiger partial charge in [0.1, 0.15) is 5.82 Å². The van der Waals surface area contributed by atoms with Gasteiger partial charge < -0.3 is 10.1 Å². The van der Waals surface area contributed by atoms with Gasteiger partial charge in [0.2, 0.25) is 5.91 Å². The molecule has 0 saturated heterocycles. The number of carbonyl (C=O) groups excluding carboxylic acids is 2. The standard InChI is InChI=1S/C21H23FN2O5/c1-14(2)29-21(26)13-18(16-8-4-6-10-19(16)24(27)28)23-20(25)12-11-15-7-3-5-9-17(15)22/h3-10,14,18H,11-13H2,1-2H3,(H,23,25). The quantitative estimate of drug-likeness (QED) is 0.390. The normalized spacial score (nSPS) is 11.7. The summed E-state index contributed by atoms with van der Waals surface area (Å²) < 4.78 is 18.9. The van der Waals surface area contributed by atoms with Crippen molar-refractivity contribution < 1.29 is 23.6 Å². The highest BCUT2D eigenvalue weighted by molar-refractivity contribution is 5.78. The van der Waals surface area contributed by atoms with Crippen LogP contribution in [0.2, 0.25) is 0 Å². The number of halogens is 1. The lowest BCUT2D eigenvalue weighted by molar-refractivity contribution is -0.385. The Hall–Kier alpha value is -3.29. The van der Waals surface area contributed by atoms with Crippen LogP contribution < -0.4 is 5.32 Å². The SMILES string of the molecule is CC(C)OC(=O)CC(NC(=O)CCc1ccccc1F)c1ccccc1[N+](=O)[O-]. The Kier molecular flexibility index (Phi) is 7.82. The average Bonchev–Trinajstić information content (AvgIpc) is 2.66. The minimum atomic E-state index is -0.934. The van der Waals surface area contributed by atoms with Crippen molar-refractivity contribution in [2.45, 2.75) is 45.3 Å². The summed E-state index contributed by atoms with van der Waals surface area (Å²) in [5.74, 6) is -1.44. The lowest BCUT2D eigenvalue weighted by atomic mass is 10.0. The number of nitro groups is 1. The van der Waals surface area contributed by atoms with Gasteiger partial charge in [0.25, 0.3) is 5.69 Å². The number of hydrogen-bond donors (Lipinski definition) is 1. The van der Waals surface area contributed by atoms with Gasteiger partial charge in [-0.1, -0.05) is 36.4 Å². The molecular weight excluding hydrogens is 379 g/mol. The maximum absolute atomic E-state index is 13.7. The molecule has 29 heavy (non-hydrogen) atoms. The second-order valence-corrected chi connectivity index (χ2v) is 6.77. The van der Waals surface area contributed by atoms with Crippen LogP contribution >= 0.6 is 0 Å². The number of nitro benzene ring substituents is 1. The number of para-hydroxylation sites is 1. The van der Waals surface area contributed by atoms with Crippen LogP contribution in [-0.2, 0) is 20.7 Å². The van der Waals surface area contributed by atoms with E-state index in [9.17, 15) is 24.1 Å². The molecule has 0 aliphatic carbocycles. The summed E-state index contributed by atoms with van der Waals surface area (Å²) in [6.45, 7) is 3.37. The van der Waals surface area contributed by atoms with Crippen molar-refractivity contribution in [3.63, 3.8) is 0 Å². The van der Waals surface area contributed by atoms with E-state index in [1.54, 1.807) is 38.1 Å². The lowest BCUT2D eigenvalue weighted by Gasteiger charge is -2.19. The molecular formula is C21H23FN2O5. The van der Waals surface area contributed by atoms with Crippen LogP contribution in [-0.4, -0.2) is 22.9 Å². The Morgan fingerprint density at radius 1 is 1.14 bits per heavy atom. The summed E-state index contributed by atoms with van der Waals surface area (Å²) in [6, 6.07) is 11.1. The number of ether oxygens (including phenoxy) is 1. The Bertz CT molecular complexity index is 885. The number of nitrogens with one attached hydrogen (secondary N) is 1. The van der Waals surface area contributed by atoms with E-state index < -0.39 is 28.7 Å². The van der Waals surface area contributed by atoms with E-state index in [4.69, 9.17) is 4.74 Å². The predicted octanol–water partition coefficient (Wildman–Crippen LogP) is 3.87. The molecule has 0 radical (unpaired) electrons. The first-order chi connectivity index (χ1) is 13.8. The number of rotatable bonds is 9. The molecule has 2 rings (SSSR count). The monoisotopic (exact) mass is 402 g/mol. The van der Waals surface area contributed by atoms with Crippen LogP contribution in [0.15, 0.2) is 48.5 Å². The third-order valence-corrected chi connectivity index (χ3v) is 4.16. The summed E-state index contributed by atoms with van der Waals surface area (Å²) in [7, 11) is 0. The number of amides is 1. The van der Waals surface area contributed by atoms with E-state index in [0.29, 0.717) is 5.56 Å². The van der Waals surface area contributed by atoms with E-state index in [-0.39, 0.29) is 36.6 Å². The van der Waals surface area contributed by atoms with Gasteiger partial charge in [-0.05, 0) is 31.9 Å². The van der Waals surface area contributed by atoms with Gasteiger partial charge in [-0.3, -0.25) is 19.7 Å². The van der Waals surface area contributed by atoms with Crippen molar-refractivity contribution in [2.24, 2.45) is 0 Å². The molecule has 154 valence electrons. The third-order valence-electron chi connectivity index (χ3n) is 4.16. The fraction of sp³-hybridized carbons (Fsp3) is 0.333. The molecule has 2 aromatic carbocycles. The maximum atomic E-state index is 13.7. The largest absolute Gasteiger partial charge is 0.463 e. The van der Waals surface area contributed by atoms with E-state index in [0.717, 1.165) is 0 Å². The van der Waals surface area contributed by atoms with Crippen LogP contribution in [0.25, 0.3) is 0 Å². The van der Waals surface area contributed by atoms with Crippen LogP contribution in [0.1, 0.15) is 43.9 Å². The highest BCUT2D eigenvalue weighted by Gasteiger charge is 2.26. The molecule has 2 aromatic rings. The summed E-state index contributed by atoms with van der Waals surface area (Å²) in [4.78, 5) is 35.4. The van der Waals surface area contributed by atoms with Crippen LogP contribution in [0.4, 0.5) is 10.1 Å². The number of nitrogens with zero attached hydrogens (tertiary/aromatic N) is 1. The van der Waals surface area contributed by atoms with Crippen molar-refractivity contribution >= 4 is 17.6 Å². The molecule has 0 aliphatic heterocycles. The molecule has 1 unspecified atom stereocenters. The second-order valence-electron chi connectivity index (χ2n) is 6.77. The fourth-order valence-electron chi connectivity index (χ4n) is 2.88. The van der Waals surface area contributed by atoms with Crippen LogP contribution in [0.3, 0.4) is 0 Å². The molecule has 0 spiro atoms. The zero-order chi connectivity index (χ0) is 21.4. The second kappa shape index (κ2) is 10.3. The van der Waals surface area contributed by atoms with E-state index in [2.05, 4.69) is 5.32 Å². The predicted molar refractivity (Wildman–Crippen MR) is 105 cm³/mol. The number of carbonyl (C=O) groups is 2. The van der Waals surface area contributed by atoms with E-state index >= 15 is 0 Å². The lowest BCUT2D eigenvalue weighted by Crippen LogP contribution is -2.31. The average molecular weight is 402 g/mol. The van der Waals surface area contributed by atoms with Gasteiger partial charge in [-0.25, -0.2) is 4.39 Å². The van der Waals surface area contributed by atoms with E-state index in [1.807, 2.05) is 0 Å². The zero-order valence-electron chi connectivity index (χ0n) is 16.3. The molecule has 0 aromatic heterocycles. The third kappa shape index (κ3) is 6.67. The first-order valence-electron chi connectivity index (χ1n) is 9.23. The number of esters is 1. The summed E-state index contributed by atoms with van der Waals surface area (Å²) >= 11 is 0. The highest BCUT2D eigenvalue weighted by Crippen LogP contribution is 2.27. The van der Waals surface area contributed by atoms with Gasteiger partial charge in [0.05, 0.1) is 29.1 Å². The number of benzene rings is 2. The van der Waals surface area contributed by atoms with Gasteiger partial charge in [-0.15, -0.1) is 0 Å².